The van der Waals surface area contributed by atoms with Crippen molar-refractivity contribution in [1.29, 1.82) is 0 Å². The van der Waals surface area contributed by atoms with Crippen molar-refractivity contribution in [1.82, 2.24) is 0 Å². The Morgan fingerprint density at radius 2 is 1.79 bits per heavy atom. The molecule has 0 aliphatic carbocycles. The van der Waals surface area contributed by atoms with E-state index in [0.717, 1.165) is 15.9 Å². The maximum absolute atomic E-state index is 5.18. The third-order valence-corrected chi connectivity index (χ3v) is 3.68. The average Bonchev–Trinajstić information content (AvgIpc) is 2.43. The maximum atomic E-state index is 5.18. The molecule has 0 amide bonds. The lowest BCUT2D eigenvalue weighted by Crippen LogP contribution is -2.07. The van der Waals surface area contributed by atoms with E-state index in [0.29, 0.717) is 0 Å². The molecule has 2 nitrogen and oxygen atoms in total. The summed E-state index contributed by atoms with van der Waals surface area (Å²) in [5.41, 5.74) is 3.63. The predicted molar refractivity (Wildman–Crippen MR) is 83.9 cm³/mol. The lowest BCUT2D eigenvalue weighted by molar-refractivity contribution is 0.414. The first-order valence-corrected chi connectivity index (χ1v) is 7.06. The second-order valence-electron chi connectivity index (χ2n) is 4.60. The van der Waals surface area contributed by atoms with Gasteiger partial charge in [0.2, 0.25) is 0 Å². The molecule has 0 radical (unpaired) electrons. The monoisotopic (exact) mass is 319 g/mol. The molecule has 0 aromatic heterocycles. The van der Waals surface area contributed by atoms with Crippen molar-refractivity contribution in [3.8, 4) is 5.75 Å². The number of hydrogen-bond acceptors (Lipinski definition) is 2. The number of halogens is 1. The Morgan fingerprint density at radius 3 is 2.42 bits per heavy atom. The van der Waals surface area contributed by atoms with Gasteiger partial charge in [-0.2, -0.15) is 0 Å². The molecular formula is C16H18BrNO. The molecule has 0 bridgehead atoms. The summed E-state index contributed by atoms with van der Waals surface area (Å²) in [6.45, 7) is 4.26. The quantitative estimate of drug-likeness (QED) is 0.861. The van der Waals surface area contributed by atoms with Gasteiger partial charge in [-0.15, -0.1) is 0 Å². The van der Waals surface area contributed by atoms with Gasteiger partial charge in [-0.05, 0) is 49.2 Å². The molecule has 19 heavy (non-hydrogen) atoms. The van der Waals surface area contributed by atoms with Crippen molar-refractivity contribution in [2.75, 3.05) is 12.4 Å². The Kier molecular flexibility index (Phi) is 4.48. The number of rotatable bonds is 4. The second-order valence-corrected chi connectivity index (χ2v) is 5.51. The minimum atomic E-state index is 0.249. The smallest absolute Gasteiger partial charge is 0.118 e. The first-order valence-electron chi connectivity index (χ1n) is 6.27. The fraction of sp³-hybridized carbons (Fsp3) is 0.250. The van der Waals surface area contributed by atoms with Gasteiger partial charge < -0.3 is 10.1 Å². The number of aryl methyl sites for hydroxylation is 1. The summed E-state index contributed by atoms with van der Waals surface area (Å²) in [6, 6.07) is 14.7. The second kappa shape index (κ2) is 6.11. The molecule has 3 heteroatoms. The van der Waals surface area contributed by atoms with Gasteiger partial charge in [0.1, 0.15) is 5.75 Å². The first kappa shape index (κ1) is 13.9. The molecule has 0 fully saturated rings. The van der Waals surface area contributed by atoms with Gasteiger partial charge in [0, 0.05) is 16.2 Å². The molecule has 0 aliphatic heterocycles. The van der Waals surface area contributed by atoms with E-state index >= 15 is 0 Å². The van der Waals surface area contributed by atoms with E-state index in [1.165, 1.54) is 11.1 Å². The number of hydrogen-bond donors (Lipinski definition) is 1. The highest BCUT2D eigenvalue weighted by atomic mass is 79.9. The number of ether oxygens (including phenoxy) is 1. The highest BCUT2D eigenvalue weighted by Crippen LogP contribution is 2.26. The first-order chi connectivity index (χ1) is 9.10. The summed E-state index contributed by atoms with van der Waals surface area (Å²) in [7, 11) is 1.68. The molecule has 2 aromatic carbocycles. The fourth-order valence-electron chi connectivity index (χ4n) is 1.96. The Labute approximate surface area is 122 Å². The molecule has 100 valence electrons. The molecule has 0 saturated carbocycles. The zero-order valence-electron chi connectivity index (χ0n) is 11.4. The van der Waals surface area contributed by atoms with Crippen LogP contribution in [-0.4, -0.2) is 7.11 Å². The van der Waals surface area contributed by atoms with Crippen LogP contribution in [0.15, 0.2) is 46.9 Å². The minimum absolute atomic E-state index is 0.249. The number of benzene rings is 2. The Balaban J connectivity index is 2.15. The summed E-state index contributed by atoms with van der Waals surface area (Å²) < 4.78 is 6.26. The van der Waals surface area contributed by atoms with Crippen LogP contribution in [0.1, 0.15) is 24.1 Å². The molecule has 2 aromatic rings. The molecule has 1 N–H and O–H groups in total. The zero-order valence-corrected chi connectivity index (χ0v) is 13.0. The van der Waals surface area contributed by atoms with Gasteiger partial charge in [-0.25, -0.2) is 0 Å². The van der Waals surface area contributed by atoms with Crippen LogP contribution < -0.4 is 10.1 Å². The van der Waals surface area contributed by atoms with Crippen LogP contribution >= 0.6 is 15.9 Å². The van der Waals surface area contributed by atoms with Crippen molar-refractivity contribution in [2.45, 2.75) is 19.9 Å². The molecular weight excluding hydrogens is 302 g/mol. The molecule has 0 spiro atoms. The summed E-state index contributed by atoms with van der Waals surface area (Å²) in [5, 5.41) is 3.53. The van der Waals surface area contributed by atoms with E-state index in [1.807, 2.05) is 12.1 Å². The van der Waals surface area contributed by atoms with Gasteiger partial charge in [0.15, 0.2) is 0 Å². The van der Waals surface area contributed by atoms with Crippen LogP contribution in [0.4, 0.5) is 5.69 Å². The summed E-state index contributed by atoms with van der Waals surface area (Å²) in [4.78, 5) is 0. The van der Waals surface area contributed by atoms with E-state index in [2.05, 4.69) is 65.4 Å². The average molecular weight is 320 g/mol. The highest BCUT2D eigenvalue weighted by Gasteiger charge is 2.07. The zero-order chi connectivity index (χ0) is 13.8. The predicted octanol–water partition coefficient (Wildman–Crippen LogP) is 4.94. The van der Waals surface area contributed by atoms with Crippen LogP contribution in [0.3, 0.4) is 0 Å². The largest absolute Gasteiger partial charge is 0.497 e. The van der Waals surface area contributed by atoms with E-state index in [9.17, 15) is 0 Å². The summed E-state index contributed by atoms with van der Waals surface area (Å²) in [5.74, 6) is 0.884. The maximum Gasteiger partial charge on any atom is 0.118 e. The van der Waals surface area contributed by atoms with Gasteiger partial charge in [-0.1, -0.05) is 34.1 Å². The molecule has 0 saturated heterocycles. The van der Waals surface area contributed by atoms with Crippen LogP contribution in [0.2, 0.25) is 0 Å². The number of nitrogens with one attached hydrogen (secondary N) is 1. The highest BCUT2D eigenvalue weighted by molar-refractivity contribution is 9.10. The molecule has 2 rings (SSSR count). The van der Waals surface area contributed by atoms with E-state index in [4.69, 9.17) is 4.74 Å². The standard InChI is InChI=1S/C16H18BrNO/c1-11-4-7-14(17)10-16(11)18-12(2)13-5-8-15(19-3)9-6-13/h4-10,12,18H,1-3H3. The third-order valence-electron chi connectivity index (χ3n) is 3.19. The van der Waals surface area contributed by atoms with Crippen LogP contribution in [0.5, 0.6) is 5.75 Å². The van der Waals surface area contributed by atoms with Gasteiger partial charge in [0.05, 0.1) is 7.11 Å². The lowest BCUT2D eigenvalue weighted by atomic mass is 10.1. The molecule has 0 heterocycles. The van der Waals surface area contributed by atoms with Gasteiger partial charge in [0.25, 0.3) is 0 Å². The van der Waals surface area contributed by atoms with Gasteiger partial charge in [-0.3, -0.25) is 0 Å². The normalized spacial score (nSPS) is 12.0. The summed E-state index contributed by atoms with van der Waals surface area (Å²) >= 11 is 3.50. The van der Waals surface area contributed by atoms with Gasteiger partial charge >= 0.3 is 0 Å². The number of anilines is 1. The SMILES string of the molecule is COc1ccc(C(C)Nc2cc(Br)ccc2C)cc1. The third kappa shape index (κ3) is 3.51. The fourth-order valence-corrected chi connectivity index (χ4v) is 2.32. The van der Waals surface area contributed by atoms with E-state index in [1.54, 1.807) is 7.11 Å². The number of methoxy groups -OCH3 is 1. The van der Waals surface area contributed by atoms with Crippen molar-refractivity contribution in [3.05, 3.63) is 58.1 Å². The Hall–Kier alpha value is -1.48. The summed E-state index contributed by atoms with van der Waals surface area (Å²) in [6.07, 6.45) is 0. The van der Waals surface area contributed by atoms with Crippen molar-refractivity contribution in [3.63, 3.8) is 0 Å². The lowest BCUT2D eigenvalue weighted by Gasteiger charge is -2.18. The van der Waals surface area contributed by atoms with Crippen LogP contribution in [-0.2, 0) is 0 Å². The van der Waals surface area contributed by atoms with E-state index < -0.39 is 0 Å². The van der Waals surface area contributed by atoms with Crippen molar-refractivity contribution < 1.29 is 4.74 Å². The van der Waals surface area contributed by atoms with Crippen molar-refractivity contribution >= 4 is 21.6 Å². The topological polar surface area (TPSA) is 21.3 Å². The molecule has 0 aliphatic rings. The molecule has 1 unspecified atom stereocenters. The van der Waals surface area contributed by atoms with E-state index in [-0.39, 0.29) is 6.04 Å². The van der Waals surface area contributed by atoms with Crippen molar-refractivity contribution in [2.24, 2.45) is 0 Å². The Morgan fingerprint density at radius 1 is 1.11 bits per heavy atom. The minimum Gasteiger partial charge on any atom is -0.497 e. The Bertz CT molecular complexity index is 551. The van der Waals surface area contributed by atoms with Crippen LogP contribution in [0, 0.1) is 6.92 Å². The van der Waals surface area contributed by atoms with Crippen LogP contribution in [0.25, 0.3) is 0 Å². The molecule has 1 atom stereocenters.